The highest BCUT2D eigenvalue weighted by Crippen LogP contribution is 2.03. The average molecular weight is 179 g/mol. The Balaban J connectivity index is 2.52. The molecule has 1 N–H and O–H groups in total. The molecule has 0 saturated carbocycles. The van der Waals surface area contributed by atoms with E-state index in [0.717, 1.165) is 0 Å². The van der Waals surface area contributed by atoms with Crippen molar-refractivity contribution in [3.05, 3.63) is 24.6 Å². The van der Waals surface area contributed by atoms with Gasteiger partial charge in [0.1, 0.15) is 6.26 Å². The van der Waals surface area contributed by atoms with Crippen LogP contribution in [0, 0.1) is 0 Å². The van der Waals surface area contributed by atoms with Crippen LogP contribution in [-0.4, -0.2) is 18.2 Å². The predicted molar refractivity (Wildman–Crippen MR) is 33.8 cm³/mol. The standard InChI is InChI=1S/C4H5NO5S/c6-11(7,8)10-5-3-1-2-4-9-5/h1-4H,(H,6,7,8). The number of hydrogen-bond donors (Lipinski definition) is 1. The molecule has 0 aromatic heterocycles. The zero-order chi connectivity index (χ0) is 8.32. The van der Waals surface area contributed by atoms with Gasteiger partial charge in [0.15, 0.2) is 0 Å². The minimum Gasteiger partial charge on any atom is -0.361 e. The summed E-state index contributed by atoms with van der Waals surface area (Å²) in [6, 6.07) is 0. The second-order valence-electron chi connectivity index (χ2n) is 1.56. The van der Waals surface area contributed by atoms with Gasteiger partial charge in [0.25, 0.3) is 0 Å². The van der Waals surface area contributed by atoms with Crippen molar-refractivity contribution >= 4 is 10.4 Å². The van der Waals surface area contributed by atoms with Gasteiger partial charge in [-0.25, -0.2) is 0 Å². The summed E-state index contributed by atoms with van der Waals surface area (Å²) in [5, 5.41) is 0.495. The Morgan fingerprint density at radius 2 is 2.18 bits per heavy atom. The molecule has 6 nitrogen and oxygen atoms in total. The van der Waals surface area contributed by atoms with E-state index >= 15 is 0 Å². The van der Waals surface area contributed by atoms with Crippen LogP contribution in [0.2, 0.25) is 0 Å². The molecular weight excluding hydrogens is 174 g/mol. The van der Waals surface area contributed by atoms with Crippen molar-refractivity contribution in [3.63, 3.8) is 0 Å². The summed E-state index contributed by atoms with van der Waals surface area (Å²) in [5.74, 6) is 0. The first kappa shape index (κ1) is 8.05. The molecule has 1 aliphatic rings. The van der Waals surface area contributed by atoms with Crippen LogP contribution >= 0.6 is 0 Å². The van der Waals surface area contributed by atoms with E-state index in [2.05, 4.69) is 9.12 Å². The van der Waals surface area contributed by atoms with Gasteiger partial charge in [-0.05, 0) is 12.2 Å². The first-order valence-electron chi connectivity index (χ1n) is 2.54. The van der Waals surface area contributed by atoms with E-state index in [1.165, 1.54) is 24.6 Å². The fourth-order valence-corrected chi connectivity index (χ4v) is 0.701. The molecule has 1 heterocycles. The largest absolute Gasteiger partial charge is 0.421 e. The SMILES string of the molecule is O=S(=O)(O)ON1C=CC=CO1. The van der Waals surface area contributed by atoms with Gasteiger partial charge < -0.3 is 4.84 Å². The summed E-state index contributed by atoms with van der Waals surface area (Å²) in [7, 11) is -4.51. The Morgan fingerprint density at radius 1 is 1.45 bits per heavy atom. The highest BCUT2D eigenvalue weighted by molar-refractivity contribution is 7.80. The summed E-state index contributed by atoms with van der Waals surface area (Å²) >= 11 is 0. The molecule has 62 valence electrons. The second kappa shape index (κ2) is 2.91. The van der Waals surface area contributed by atoms with E-state index < -0.39 is 10.4 Å². The maximum atomic E-state index is 10.1. The maximum Gasteiger partial charge on any atom is 0.421 e. The lowest BCUT2D eigenvalue weighted by Gasteiger charge is -2.15. The summed E-state index contributed by atoms with van der Waals surface area (Å²) in [4.78, 5) is 4.46. The molecule has 1 rings (SSSR count). The van der Waals surface area contributed by atoms with Gasteiger partial charge in [0.05, 0.1) is 6.20 Å². The molecule has 0 aliphatic carbocycles. The van der Waals surface area contributed by atoms with E-state index in [0.29, 0.717) is 5.23 Å². The van der Waals surface area contributed by atoms with Crippen LogP contribution in [0.1, 0.15) is 0 Å². The van der Waals surface area contributed by atoms with E-state index in [-0.39, 0.29) is 0 Å². The molecule has 0 spiro atoms. The predicted octanol–water partition coefficient (Wildman–Crippen LogP) is -0.00460. The van der Waals surface area contributed by atoms with Gasteiger partial charge in [0, 0.05) is 0 Å². The van der Waals surface area contributed by atoms with Crippen LogP contribution in [0.4, 0.5) is 0 Å². The van der Waals surface area contributed by atoms with Crippen molar-refractivity contribution in [2.24, 2.45) is 0 Å². The topological polar surface area (TPSA) is 76.1 Å². The smallest absolute Gasteiger partial charge is 0.361 e. The molecule has 11 heavy (non-hydrogen) atoms. The molecule has 0 fully saturated rings. The van der Waals surface area contributed by atoms with E-state index in [9.17, 15) is 8.42 Å². The van der Waals surface area contributed by atoms with Crippen molar-refractivity contribution in [3.8, 4) is 0 Å². The number of nitrogens with zero attached hydrogens (tertiary/aromatic N) is 1. The van der Waals surface area contributed by atoms with Crippen LogP contribution in [0.25, 0.3) is 0 Å². The van der Waals surface area contributed by atoms with Crippen LogP contribution in [0.3, 0.4) is 0 Å². The van der Waals surface area contributed by atoms with Crippen LogP contribution < -0.4 is 0 Å². The Morgan fingerprint density at radius 3 is 2.64 bits per heavy atom. The lowest BCUT2D eigenvalue weighted by Crippen LogP contribution is -2.21. The Hall–Kier alpha value is -1.05. The third kappa shape index (κ3) is 3.03. The van der Waals surface area contributed by atoms with Crippen molar-refractivity contribution in [1.29, 1.82) is 0 Å². The third-order valence-electron chi connectivity index (χ3n) is 0.730. The summed E-state index contributed by atoms with van der Waals surface area (Å²) in [5.41, 5.74) is 0. The highest BCUT2D eigenvalue weighted by Gasteiger charge is 2.11. The molecule has 0 unspecified atom stereocenters. The molecular formula is C4H5NO5S. The van der Waals surface area contributed by atoms with Crippen LogP contribution in [0.5, 0.6) is 0 Å². The molecule has 7 heteroatoms. The number of hydrogen-bond acceptors (Lipinski definition) is 5. The molecule has 0 aromatic rings. The Bertz CT molecular complexity index is 279. The van der Waals surface area contributed by atoms with E-state index in [4.69, 9.17) is 4.55 Å². The van der Waals surface area contributed by atoms with Crippen molar-refractivity contribution in [1.82, 2.24) is 5.23 Å². The quantitative estimate of drug-likeness (QED) is 0.601. The van der Waals surface area contributed by atoms with Gasteiger partial charge in [-0.15, -0.1) is 0 Å². The third-order valence-corrected chi connectivity index (χ3v) is 1.07. The van der Waals surface area contributed by atoms with Gasteiger partial charge in [-0.1, -0.05) is 9.51 Å². The molecule has 0 aromatic carbocycles. The molecule has 0 amide bonds. The minimum atomic E-state index is -4.51. The molecule has 0 radical (unpaired) electrons. The molecule has 0 atom stereocenters. The lowest BCUT2D eigenvalue weighted by atomic mass is 10.6. The summed E-state index contributed by atoms with van der Waals surface area (Å²) < 4.78 is 32.1. The highest BCUT2D eigenvalue weighted by atomic mass is 32.3. The Labute approximate surface area is 63.2 Å². The van der Waals surface area contributed by atoms with Gasteiger partial charge in [0.2, 0.25) is 0 Å². The van der Waals surface area contributed by atoms with Gasteiger partial charge in [-0.3, -0.25) is 4.55 Å². The fourth-order valence-electron chi connectivity index (χ4n) is 0.431. The van der Waals surface area contributed by atoms with Crippen molar-refractivity contribution < 1.29 is 22.1 Å². The van der Waals surface area contributed by atoms with Gasteiger partial charge >= 0.3 is 10.4 Å². The maximum absolute atomic E-state index is 10.1. The van der Waals surface area contributed by atoms with Crippen molar-refractivity contribution in [2.75, 3.05) is 0 Å². The first-order valence-corrected chi connectivity index (χ1v) is 3.91. The lowest BCUT2D eigenvalue weighted by molar-refractivity contribution is -0.249. The van der Waals surface area contributed by atoms with Gasteiger partial charge in [-0.2, -0.15) is 8.42 Å². The summed E-state index contributed by atoms with van der Waals surface area (Å²) in [6.45, 7) is 0. The fraction of sp³-hybridized carbons (Fsp3) is 0. The zero-order valence-electron chi connectivity index (χ0n) is 5.25. The number of rotatable bonds is 2. The number of hydroxylamine groups is 2. The Kier molecular flexibility index (Phi) is 2.13. The molecule has 0 bridgehead atoms. The second-order valence-corrected chi connectivity index (χ2v) is 2.57. The molecule has 1 aliphatic heterocycles. The average Bonchev–Trinajstić information content (AvgIpc) is 1.85. The molecule has 0 saturated heterocycles. The monoisotopic (exact) mass is 179 g/mol. The number of allylic oxidation sites excluding steroid dienone is 2. The minimum absolute atomic E-state index is 0.495. The van der Waals surface area contributed by atoms with Crippen LogP contribution in [-0.2, 0) is 19.5 Å². The first-order chi connectivity index (χ1) is 5.08. The zero-order valence-corrected chi connectivity index (χ0v) is 6.06. The summed E-state index contributed by atoms with van der Waals surface area (Å²) in [6.07, 6.45) is 5.34. The normalized spacial score (nSPS) is 16.6. The van der Waals surface area contributed by atoms with E-state index in [1.807, 2.05) is 0 Å². The van der Waals surface area contributed by atoms with Crippen molar-refractivity contribution in [2.45, 2.75) is 0 Å². The van der Waals surface area contributed by atoms with Crippen LogP contribution in [0.15, 0.2) is 24.6 Å². The van der Waals surface area contributed by atoms with E-state index in [1.54, 1.807) is 0 Å².